The highest BCUT2D eigenvalue weighted by Crippen LogP contribution is 2.27. The van der Waals surface area contributed by atoms with Crippen molar-refractivity contribution in [3.8, 4) is 6.07 Å². The van der Waals surface area contributed by atoms with E-state index in [0.29, 0.717) is 19.6 Å². The van der Waals surface area contributed by atoms with Crippen LogP contribution in [0.5, 0.6) is 0 Å². The predicted octanol–water partition coefficient (Wildman–Crippen LogP) is 2.44. The van der Waals surface area contributed by atoms with Gasteiger partial charge in [0.2, 0.25) is 10.0 Å². The molecule has 0 spiro atoms. The van der Waals surface area contributed by atoms with E-state index in [9.17, 15) is 13.7 Å². The number of aryl methyl sites for hydroxylation is 1. The maximum atomic E-state index is 13.1. The van der Waals surface area contributed by atoms with E-state index >= 15 is 0 Å². The van der Waals surface area contributed by atoms with E-state index in [1.54, 1.807) is 24.3 Å². The van der Waals surface area contributed by atoms with Crippen LogP contribution in [0, 0.1) is 18.3 Å². The number of nitrogens with zero attached hydrogens (tertiary/aromatic N) is 3. The van der Waals surface area contributed by atoms with E-state index < -0.39 is 23.9 Å². The van der Waals surface area contributed by atoms with Crippen LogP contribution < -0.4 is 0 Å². The molecule has 2 rings (SSSR count). The third-order valence-corrected chi connectivity index (χ3v) is 7.52. The number of hydrogen-bond acceptors (Lipinski definition) is 5. The van der Waals surface area contributed by atoms with Gasteiger partial charge in [-0.15, -0.1) is 0 Å². The molecule has 26 heavy (non-hydrogen) atoms. The van der Waals surface area contributed by atoms with E-state index in [-0.39, 0.29) is 18.0 Å². The highest BCUT2D eigenvalue weighted by Gasteiger charge is 2.46. The summed E-state index contributed by atoms with van der Waals surface area (Å²) in [6.07, 6.45) is 0. The quantitative estimate of drug-likeness (QED) is 0.692. The van der Waals surface area contributed by atoms with E-state index in [2.05, 4.69) is 25.7 Å². The molecule has 0 aliphatic carbocycles. The van der Waals surface area contributed by atoms with Crippen LogP contribution in [0.2, 0.25) is 19.6 Å². The van der Waals surface area contributed by atoms with E-state index in [1.165, 1.54) is 4.31 Å². The topological polar surface area (TPSA) is 73.6 Å². The van der Waals surface area contributed by atoms with Crippen molar-refractivity contribution in [2.24, 2.45) is 0 Å². The van der Waals surface area contributed by atoms with Crippen molar-refractivity contribution in [2.75, 3.05) is 32.8 Å². The molecule has 1 unspecified atom stereocenters. The summed E-state index contributed by atoms with van der Waals surface area (Å²) in [6, 6.07) is 9.21. The predicted molar refractivity (Wildman–Crippen MR) is 105 cm³/mol. The van der Waals surface area contributed by atoms with Gasteiger partial charge in [-0.2, -0.15) is 9.57 Å². The summed E-state index contributed by atoms with van der Waals surface area (Å²) < 4.78 is 33.6. The minimum atomic E-state index is -3.63. The molecule has 1 fully saturated rings. The molecule has 1 aromatic carbocycles. The molecule has 0 amide bonds. The van der Waals surface area contributed by atoms with Crippen LogP contribution in [0.15, 0.2) is 29.2 Å². The normalized spacial score (nSPS) is 22.9. The molecule has 1 aliphatic heterocycles. The first-order chi connectivity index (χ1) is 12.0. The number of rotatable bonds is 6. The molecule has 1 aliphatic rings. The Morgan fingerprint density at radius 1 is 1.23 bits per heavy atom. The van der Waals surface area contributed by atoms with Crippen LogP contribution >= 0.6 is 0 Å². The summed E-state index contributed by atoms with van der Waals surface area (Å²) in [6.45, 7) is 12.0. The summed E-state index contributed by atoms with van der Waals surface area (Å²) in [5, 5.41) is 9.95. The standard InChI is InChI=1S/C18H29N3O3SSi/c1-6-20-11-12-21(14-18(20,13-19)15-24-26(3,4)5)25(22,23)17-9-7-16(2)8-10-17/h7-10H,6,11-12,14-15H2,1-5H3. The zero-order chi connectivity index (χ0) is 19.6. The second-order valence-corrected chi connectivity index (χ2v) is 14.2. The van der Waals surface area contributed by atoms with Gasteiger partial charge in [-0.25, -0.2) is 8.42 Å². The van der Waals surface area contributed by atoms with Gasteiger partial charge in [-0.3, -0.25) is 4.90 Å². The van der Waals surface area contributed by atoms with Crippen LogP contribution in [0.3, 0.4) is 0 Å². The summed E-state index contributed by atoms with van der Waals surface area (Å²) in [5.41, 5.74) is 0.0556. The molecule has 0 bridgehead atoms. The van der Waals surface area contributed by atoms with Gasteiger partial charge in [0.15, 0.2) is 8.32 Å². The lowest BCUT2D eigenvalue weighted by Gasteiger charge is -2.46. The lowest BCUT2D eigenvalue weighted by Crippen LogP contribution is -2.65. The first-order valence-corrected chi connectivity index (χ1v) is 13.8. The highest BCUT2D eigenvalue weighted by atomic mass is 32.2. The fourth-order valence-corrected chi connectivity index (χ4v) is 5.21. The Hall–Kier alpha value is -1.24. The lowest BCUT2D eigenvalue weighted by molar-refractivity contribution is 0.0333. The molecule has 0 saturated carbocycles. The van der Waals surface area contributed by atoms with Crippen LogP contribution in [0.1, 0.15) is 12.5 Å². The van der Waals surface area contributed by atoms with Gasteiger partial charge in [-0.05, 0) is 45.2 Å². The second-order valence-electron chi connectivity index (χ2n) is 7.78. The van der Waals surface area contributed by atoms with Crippen LogP contribution in [-0.2, 0) is 14.4 Å². The van der Waals surface area contributed by atoms with Crippen molar-refractivity contribution >= 4 is 18.3 Å². The highest BCUT2D eigenvalue weighted by molar-refractivity contribution is 7.89. The first-order valence-electron chi connectivity index (χ1n) is 8.91. The number of hydrogen-bond donors (Lipinski definition) is 0. The number of piperazine rings is 1. The summed E-state index contributed by atoms with van der Waals surface area (Å²) in [7, 11) is -5.46. The number of likely N-dealkylation sites (N-methyl/N-ethyl adjacent to an activating group) is 1. The van der Waals surface area contributed by atoms with Gasteiger partial charge in [0.1, 0.15) is 5.54 Å². The Morgan fingerprint density at radius 2 is 1.85 bits per heavy atom. The molecule has 144 valence electrons. The average molecular weight is 396 g/mol. The van der Waals surface area contributed by atoms with Crippen molar-refractivity contribution in [3.63, 3.8) is 0 Å². The lowest BCUT2D eigenvalue weighted by atomic mass is 9.98. The molecule has 8 heteroatoms. The molecular weight excluding hydrogens is 366 g/mol. The molecule has 6 nitrogen and oxygen atoms in total. The Balaban J connectivity index is 2.32. The summed E-state index contributed by atoms with van der Waals surface area (Å²) in [4.78, 5) is 2.31. The Bertz CT molecular complexity index is 768. The van der Waals surface area contributed by atoms with Gasteiger partial charge in [0, 0.05) is 19.6 Å². The fourth-order valence-electron chi connectivity index (χ4n) is 3.05. The van der Waals surface area contributed by atoms with Crippen LogP contribution in [0.25, 0.3) is 0 Å². The molecule has 0 N–H and O–H groups in total. The Morgan fingerprint density at radius 3 is 2.35 bits per heavy atom. The molecule has 1 aromatic rings. The summed E-state index contributed by atoms with van der Waals surface area (Å²) >= 11 is 0. The molecule has 1 atom stereocenters. The number of nitriles is 1. The van der Waals surface area contributed by atoms with Gasteiger partial charge in [0.25, 0.3) is 0 Å². The molecule has 0 radical (unpaired) electrons. The number of benzene rings is 1. The maximum absolute atomic E-state index is 13.1. The minimum Gasteiger partial charge on any atom is -0.415 e. The van der Waals surface area contributed by atoms with E-state index in [4.69, 9.17) is 4.43 Å². The van der Waals surface area contributed by atoms with Gasteiger partial charge < -0.3 is 4.43 Å². The summed E-state index contributed by atoms with van der Waals surface area (Å²) in [5.74, 6) is 0. The van der Waals surface area contributed by atoms with Crippen LogP contribution in [-0.4, -0.2) is 64.3 Å². The van der Waals surface area contributed by atoms with E-state index in [1.807, 2.05) is 18.7 Å². The van der Waals surface area contributed by atoms with Crippen molar-refractivity contribution in [1.82, 2.24) is 9.21 Å². The minimum absolute atomic E-state index is 0.123. The zero-order valence-corrected chi connectivity index (χ0v) is 18.1. The fraction of sp³-hybridized carbons (Fsp3) is 0.611. The van der Waals surface area contributed by atoms with E-state index in [0.717, 1.165) is 5.56 Å². The largest absolute Gasteiger partial charge is 0.415 e. The van der Waals surface area contributed by atoms with Gasteiger partial charge >= 0.3 is 0 Å². The van der Waals surface area contributed by atoms with Crippen LogP contribution in [0.4, 0.5) is 0 Å². The first kappa shape index (κ1) is 21.1. The monoisotopic (exact) mass is 395 g/mol. The van der Waals surface area contributed by atoms with Crippen molar-refractivity contribution in [1.29, 1.82) is 5.26 Å². The van der Waals surface area contributed by atoms with Crippen molar-refractivity contribution in [2.45, 2.75) is 43.9 Å². The molecule has 0 aromatic heterocycles. The number of sulfonamides is 1. The SMILES string of the molecule is CCN1CCN(S(=O)(=O)c2ccc(C)cc2)CC1(C#N)CO[Si](C)(C)C. The third-order valence-electron chi connectivity index (χ3n) is 4.66. The maximum Gasteiger partial charge on any atom is 0.243 e. The average Bonchev–Trinajstić information content (AvgIpc) is 2.59. The molecule has 1 saturated heterocycles. The molecular formula is C18H29N3O3SSi. The van der Waals surface area contributed by atoms with Gasteiger partial charge in [0.05, 0.1) is 17.6 Å². The smallest absolute Gasteiger partial charge is 0.243 e. The zero-order valence-electron chi connectivity index (χ0n) is 16.3. The Labute approximate surface area is 158 Å². The second kappa shape index (κ2) is 7.78. The third kappa shape index (κ3) is 4.53. The van der Waals surface area contributed by atoms with Crippen molar-refractivity contribution < 1.29 is 12.8 Å². The molecule has 1 heterocycles. The Kier molecular flexibility index (Phi) is 6.31. The van der Waals surface area contributed by atoms with Crippen molar-refractivity contribution in [3.05, 3.63) is 29.8 Å². The van der Waals surface area contributed by atoms with Gasteiger partial charge in [-0.1, -0.05) is 24.6 Å².